The topological polar surface area (TPSA) is 49.9 Å². The second kappa shape index (κ2) is 13.1. The average molecular weight is 445 g/mol. The van der Waals surface area contributed by atoms with Gasteiger partial charge in [0.1, 0.15) is 0 Å². The van der Waals surface area contributed by atoms with Crippen LogP contribution in [-0.4, -0.2) is 61.5 Å². The van der Waals surface area contributed by atoms with Gasteiger partial charge in [-0.05, 0) is 49.4 Å². The van der Waals surface area contributed by atoms with E-state index in [1.54, 1.807) is 4.90 Å². The van der Waals surface area contributed by atoms with Crippen LogP contribution in [0.5, 0.6) is 0 Å². The molecule has 0 bridgehead atoms. The molecule has 0 N–H and O–H groups in total. The summed E-state index contributed by atoms with van der Waals surface area (Å²) in [4.78, 5) is 28.1. The van der Waals surface area contributed by atoms with Gasteiger partial charge in [-0.1, -0.05) is 54.6 Å². The smallest absolute Gasteiger partial charge is 0.410 e. The second-order valence-electron chi connectivity index (χ2n) is 8.07. The van der Waals surface area contributed by atoms with Crippen LogP contribution >= 0.6 is 12.4 Å². The van der Waals surface area contributed by atoms with Gasteiger partial charge >= 0.3 is 6.09 Å². The van der Waals surface area contributed by atoms with E-state index in [9.17, 15) is 9.59 Å². The number of piperazine rings is 1. The number of rotatable bonds is 9. The zero-order valence-corrected chi connectivity index (χ0v) is 19.1. The van der Waals surface area contributed by atoms with Crippen molar-refractivity contribution in [3.05, 3.63) is 71.3 Å². The largest absolute Gasteiger partial charge is 0.441 e. The van der Waals surface area contributed by atoms with Crippen LogP contribution in [0.1, 0.15) is 29.5 Å². The fourth-order valence-electron chi connectivity index (χ4n) is 3.63. The van der Waals surface area contributed by atoms with Gasteiger partial charge in [0.2, 0.25) is 0 Å². The highest BCUT2D eigenvalue weighted by molar-refractivity contribution is 5.85. The lowest BCUT2D eigenvalue weighted by molar-refractivity contribution is -0.121. The van der Waals surface area contributed by atoms with Gasteiger partial charge in [0.25, 0.3) is 0 Å². The number of halogens is 1. The highest BCUT2D eigenvalue weighted by Crippen LogP contribution is 2.11. The number of amides is 1. The summed E-state index contributed by atoms with van der Waals surface area (Å²) in [5, 5.41) is 0. The molecular weight excluding hydrogens is 412 g/mol. The molecule has 0 spiro atoms. The van der Waals surface area contributed by atoms with Crippen molar-refractivity contribution in [2.45, 2.75) is 32.1 Å². The number of hydrogen-bond donors (Lipinski definition) is 0. The summed E-state index contributed by atoms with van der Waals surface area (Å²) in [5.41, 5.74) is 3.64. The molecule has 0 saturated carbocycles. The Kier molecular flexibility index (Phi) is 10.5. The molecule has 0 atom stereocenters. The predicted octanol–water partition coefficient (Wildman–Crippen LogP) is 4.17. The number of carbonyl (C=O) groups excluding carboxylic acids is 2. The summed E-state index contributed by atoms with van der Waals surface area (Å²) in [6.07, 6.45) is 4.38. The second-order valence-corrected chi connectivity index (χ2v) is 8.07. The van der Waals surface area contributed by atoms with Crippen molar-refractivity contribution < 1.29 is 14.3 Å². The van der Waals surface area contributed by atoms with Crippen LogP contribution in [0.25, 0.3) is 0 Å². The van der Waals surface area contributed by atoms with Gasteiger partial charge < -0.3 is 14.5 Å². The van der Waals surface area contributed by atoms with E-state index in [0.29, 0.717) is 19.5 Å². The zero-order chi connectivity index (χ0) is 21.2. The molecule has 6 heteroatoms. The molecule has 0 aromatic heterocycles. The first-order valence-corrected chi connectivity index (χ1v) is 10.8. The van der Waals surface area contributed by atoms with E-state index in [-0.39, 0.29) is 30.9 Å². The van der Waals surface area contributed by atoms with E-state index in [1.807, 2.05) is 25.2 Å². The van der Waals surface area contributed by atoms with Gasteiger partial charge in [-0.2, -0.15) is 0 Å². The quantitative estimate of drug-likeness (QED) is 0.545. The number of ketones is 1. The molecule has 1 saturated heterocycles. The lowest BCUT2D eigenvalue weighted by Crippen LogP contribution is -2.47. The molecule has 1 heterocycles. The Bertz CT molecular complexity index is 803. The molecule has 0 unspecified atom stereocenters. The van der Waals surface area contributed by atoms with E-state index in [2.05, 4.69) is 41.3 Å². The summed E-state index contributed by atoms with van der Waals surface area (Å²) in [5.74, 6) is -0.0758. The number of ether oxygens (including phenoxy) is 1. The number of likely N-dealkylation sites (N-methyl/N-ethyl adjacent to an activating group) is 1. The van der Waals surface area contributed by atoms with Gasteiger partial charge in [0, 0.05) is 32.6 Å². The van der Waals surface area contributed by atoms with Crippen LogP contribution in [0.2, 0.25) is 0 Å². The minimum atomic E-state index is -0.387. The molecule has 1 fully saturated rings. The summed E-state index contributed by atoms with van der Waals surface area (Å²) >= 11 is 0. The van der Waals surface area contributed by atoms with Crippen molar-refractivity contribution in [2.75, 3.05) is 39.8 Å². The van der Waals surface area contributed by atoms with Crippen molar-refractivity contribution in [1.82, 2.24) is 9.80 Å². The maximum absolute atomic E-state index is 12.2. The standard InChI is InChI=1S/C25H32N2O3.ClH/c1-26-15-17-27(18-16-26)25(29)30-20-24(28)19-23-13-11-22(12-14-23)10-6-5-9-21-7-3-2-4-8-21;/h2-4,7-8,11-14H,5-6,9-10,15-20H2,1H3;1H. The molecule has 1 aliphatic rings. The number of Topliss-reactive ketones (excluding diaryl/α,β-unsaturated/α-hetero) is 1. The highest BCUT2D eigenvalue weighted by atomic mass is 35.5. The molecule has 1 aliphatic heterocycles. The Balaban J connectivity index is 0.00000341. The van der Waals surface area contributed by atoms with Crippen molar-refractivity contribution in [1.29, 1.82) is 0 Å². The van der Waals surface area contributed by atoms with Crippen LogP contribution < -0.4 is 0 Å². The minimum absolute atomic E-state index is 0. The minimum Gasteiger partial charge on any atom is -0.441 e. The lowest BCUT2D eigenvalue weighted by Gasteiger charge is -2.31. The molecule has 5 nitrogen and oxygen atoms in total. The number of nitrogens with zero attached hydrogens (tertiary/aromatic N) is 2. The number of benzene rings is 2. The molecule has 2 aromatic rings. The summed E-state index contributed by atoms with van der Waals surface area (Å²) in [6, 6.07) is 18.8. The van der Waals surface area contributed by atoms with E-state index in [0.717, 1.165) is 37.9 Å². The monoisotopic (exact) mass is 444 g/mol. The van der Waals surface area contributed by atoms with E-state index < -0.39 is 0 Å². The van der Waals surface area contributed by atoms with Crippen molar-refractivity contribution in [3.8, 4) is 0 Å². The Morgan fingerprint density at radius 2 is 1.35 bits per heavy atom. The van der Waals surface area contributed by atoms with Crippen LogP contribution in [0.4, 0.5) is 4.79 Å². The number of aryl methyl sites for hydroxylation is 2. The fraction of sp³-hybridized carbons (Fsp3) is 0.440. The fourth-order valence-corrected chi connectivity index (χ4v) is 3.63. The Morgan fingerprint density at radius 1 is 0.806 bits per heavy atom. The summed E-state index contributed by atoms with van der Waals surface area (Å²) < 4.78 is 5.20. The Morgan fingerprint density at radius 3 is 1.97 bits per heavy atom. The third-order valence-corrected chi connectivity index (χ3v) is 5.57. The first-order chi connectivity index (χ1) is 14.6. The van der Waals surface area contributed by atoms with Crippen LogP contribution in [0.3, 0.4) is 0 Å². The summed E-state index contributed by atoms with van der Waals surface area (Å²) in [7, 11) is 2.03. The maximum atomic E-state index is 12.2. The molecule has 0 radical (unpaired) electrons. The first-order valence-electron chi connectivity index (χ1n) is 10.8. The molecule has 168 valence electrons. The number of unbranched alkanes of at least 4 members (excludes halogenated alkanes) is 1. The van der Waals surface area contributed by atoms with Crippen LogP contribution in [-0.2, 0) is 28.8 Å². The lowest BCUT2D eigenvalue weighted by atomic mass is 10.0. The van der Waals surface area contributed by atoms with Gasteiger partial charge in [0.05, 0.1) is 0 Å². The predicted molar refractivity (Wildman–Crippen MR) is 126 cm³/mol. The van der Waals surface area contributed by atoms with Gasteiger partial charge in [-0.3, -0.25) is 4.79 Å². The SMILES string of the molecule is CN1CCN(C(=O)OCC(=O)Cc2ccc(CCCCc3ccccc3)cc2)CC1.Cl. The number of hydrogen-bond acceptors (Lipinski definition) is 4. The van der Waals surface area contributed by atoms with Crippen molar-refractivity contribution in [2.24, 2.45) is 0 Å². The van der Waals surface area contributed by atoms with Crippen molar-refractivity contribution >= 4 is 24.3 Å². The highest BCUT2D eigenvalue weighted by Gasteiger charge is 2.20. The van der Waals surface area contributed by atoms with E-state index in [1.165, 1.54) is 17.5 Å². The van der Waals surface area contributed by atoms with E-state index in [4.69, 9.17) is 4.74 Å². The van der Waals surface area contributed by atoms with Gasteiger partial charge in [0.15, 0.2) is 12.4 Å². The molecular formula is C25H33ClN2O3. The Hall–Kier alpha value is -2.37. The molecule has 1 amide bonds. The van der Waals surface area contributed by atoms with Gasteiger partial charge in [-0.25, -0.2) is 4.79 Å². The number of carbonyl (C=O) groups is 2. The summed E-state index contributed by atoms with van der Waals surface area (Å²) in [6.45, 7) is 2.81. The molecule has 31 heavy (non-hydrogen) atoms. The zero-order valence-electron chi connectivity index (χ0n) is 18.3. The third kappa shape index (κ3) is 8.72. The van der Waals surface area contributed by atoms with Crippen molar-refractivity contribution in [3.63, 3.8) is 0 Å². The normalized spacial score (nSPS) is 14.0. The Labute approximate surface area is 191 Å². The van der Waals surface area contributed by atoms with Gasteiger partial charge in [-0.15, -0.1) is 12.4 Å². The molecule has 3 rings (SSSR count). The maximum Gasteiger partial charge on any atom is 0.410 e. The average Bonchev–Trinajstić information content (AvgIpc) is 2.77. The molecule has 0 aliphatic carbocycles. The van der Waals surface area contributed by atoms with Crippen LogP contribution in [0.15, 0.2) is 54.6 Å². The van der Waals surface area contributed by atoms with Crippen LogP contribution in [0, 0.1) is 0 Å². The first kappa shape index (κ1) is 24.9. The van der Waals surface area contributed by atoms with E-state index >= 15 is 0 Å². The third-order valence-electron chi connectivity index (χ3n) is 5.57. The molecule has 2 aromatic carbocycles.